The van der Waals surface area contributed by atoms with Crippen LogP contribution in [-0.4, -0.2) is 25.2 Å². The number of allylic oxidation sites excluding steroid dienone is 4. The fourth-order valence-corrected chi connectivity index (χ4v) is 11.8. The van der Waals surface area contributed by atoms with Crippen LogP contribution in [0.4, 0.5) is 11.4 Å². The third-order valence-electron chi connectivity index (χ3n) is 16.3. The van der Waals surface area contributed by atoms with Gasteiger partial charge < -0.3 is 25.8 Å². The van der Waals surface area contributed by atoms with Crippen molar-refractivity contribution in [3.05, 3.63) is 349 Å². The molecule has 5 heteroatoms. The molecule has 4 N–H and O–H groups in total. The summed E-state index contributed by atoms with van der Waals surface area (Å²) in [5.41, 5.74) is 32.2. The van der Waals surface area contributed by atoms with E-state index in [1.807, 2.05) is 94.7 Å². The Bertz CT molecular complexity index is 4190. The van der Waals surface area contributed by atoms with Gasteiger partial charge >= 0.3 is 0 Å². The minimum absolute atomic E-state index is 0.0301. The van der Waals surface area contributed by atoms with Crippen molar-refractivity contribution in [1.82, 2.24) is 9.88 Å². The molecular formula is C84H85N5. The number of anilines is 2. The van der Waals surface area contributed by atoms with Gasteiger partial charge in [0.15, 0.2) is 0 Å². The number of nitrogens with one attached hydrogen (secondary N) is 2. The van der Waals surface area contributed by atoms with Crippen molar-refractivity contribution < 1.29 is 0 Å². The highest BCUT2D eigenvalue weighted by Gasteiger charge is 2.26. The number of hydrogen-bond donors (Lipinski definition) is 3. The van der Waals surface area contributed by atoms with Crippen LogP contribution in [-0.2, 0) is 6.42 Å². The first-order valence-electron chi connectivity index (χ1n) is 31.2. The predicted octanol–water partition coefficient (Wildman–Crippen LogP) is 21.3. The summed E-state index contributed by atoms with van der Waals surface area (Å²) in [4.78, 5) is 2.26. The Hall–Kier alpha value is -10.2. The Morgan fingerprint density at radius 2 is 1.18 bits per heavy atom. The number of fused-ring (bicyclic) bond motifs is 4. The fraction of sp³-hybridized carbons (Fsp3) is 0.143. The van der Waals surface area contributed by atoms with Crippen LogP contribution in [0.2, 0.25) is 0 Å². The molecule has 2 aliphatic rings. The molecule has 0 bridgehead atoms. The molecule has 10 aromatic carbocycles. The first-order valence-corrected chi connectivity index (χ1v) is 31.2. The smallest absolute Gasteiger partial charge is 0.0537 e. The van der Waals surface area contributed by atoms with Crippen LogP contribution >= 0.6 is 0 Å². The molecule has 1 aromatic heterocycles. The van der Waals surface area contributed by atoms with E-state index in [1.165, 1.54) is 100 Å². The summed E-state index contributed by atoms with van der Waals surface area (Å²) in [6.07, 6.45) is 12.3. The van der Waals surface area contributed by atoms with E-state index >= 15 is 0 Å². The topological polar surface area (TPSA) is 58.2 Å². The number of hydrogen-bond acceptors (Lipinski definition) is 4. The van der Waals surface area contributed by atoms with Crippen LogP contribution in [0.1, 0.15) is 83.8 Å². The normalized spacial score (nSPS) is 13.3. The highest BCUT2D eigenvalue weighted by Crippen LogP contribution is 2.42. The van der Waals surface area contributed by atoms with Gasteiger partial charge in [-0.05, 0) is 162 Å². The maximum Gasteiger partial charge on any atom is 0.0537 e. The number of nitrogens with two attached hydrogens (primary N) is 1. The molecule has 0 saturated carbocycles. The second-order valence-corrected chi connectivity index (χ2v) is 22.2. The van der Waals surface area contributed by atoms with Crippen LogP contribution in [0.15, 0.2) is 304 Å². The Morgan fingerprint density at radius 3 is 1.85 bits per heavy atom. The third kappa shape index (κ3) is 15.7. The quantitative estimate of drug-likeness (QED) is 0.101. The van der Waals surface area contributed by atoms with Gasteiger partial charge in [-0.15, -0.1) is 0 Å². The molecule has 11 aromatic rings. The average Bonchev–Trinajstić information content (AvgIpc) is 1.66. The summed E-state index contributed by atoms with van der Waals surface area (Å²) >= 11 is 0. The zero-order chi connectivity index (χ0) is 62.5. The highest BCUT2D eigenvalue weighted by molar-refractivity contribution is 5.99. The summed E-state index contributed by atoms with van der Waals surface area (Å²) in [6.45, 7) is 19.3. The zero-order valence-electron chi connectivity index (χ0n) is 52.9. The standard InChI is InChI=1S/C32H28N2.C28H26N2.C15H17N.C7H8.C2H6/c1-22-10-6-7-13-26(22)28-20-23(16-18-30(28)33-2)24-17-19-32-29(21-24)27-14-8-9-15-31(27)34(32)25-11-4-3-5-12-25;1-30-28(20-27(29)22-12-6-3-7-13-22)26-17-9-16-25(19-26)24-15-8-14-23(18-24)21-10-4-2-5-11-21;1-4-5-8-13(3)16-11-12(2)14-9-6-7-10-15(14)16;1-7-5-3-2-4-6-7;1-2/h3-16,18,20-21,33H,17,19H2,1-2H3;2-20,28,30H,29H2,1H3;4-10,12H,1,3,11H2,2H3;2-6H,1H3;1-2H3/b;27-20-;8-5-;;. The van der Waals surface area contributed by atoms with Gasteiger partial charge in [0.25, 0.3) is 0 Å². The number of likely N-dealkylation sites (N-methyl/N-ethyl adjacent to an activating group) is 1. The molecule has 0 amide bonds. The summed E-state index contributed by atoms with van der Waals surface area (Å²) in [5.74, 6) is 0.574. The zero-order valence-corrected chi connectivity index (χ0v) is 52.9. The maximum atomic E-state index is 6.36. The van der Waals surface area contributed by atoms with Crippen molar-refractivity contribution in [2.75, 3.05) is 30.9 Å². The summed E-state index contributed by atoms with van der Waals surface area (Å²) in [7, 11) is 3.96. The monoisotopic (exact) mass is 1160 g/mol. The molecule has 0 saturated heterocycles. The predicted molar refractivity (Wildman–Crippen MR) is 387 cm³/mol. The third-order valence-corrected chi connectivity index (χ3v) is 16.3. The van der Waals surface area contributed by atoms with Gasteiger partial charge in [-0.1, -0.05) is 264 Å². The molecule has 13 rings (SSSR count). The van der Waals surface area contributed by atoms with Crippen LogP contribution in [0.5, 0.6) is 0 Å². The average molecular weight is 1160 g/mol. The van der Waals surface area contributed by atoms with E-state index in [1.54, 1.807) is 6.08 Å². The van der Waals surface area contributed by atoms with Crippen molar-refractivity contribution in [2.24, 2.45) is 5.73 Å². The largest absolute Gasteiger partial charge is 0.398 e. The second-order valence-electron chi connectivity index (χ2n) is 22.2. The van der Waals surface area contributed by atoms with Gasteiger partial charge in [0.05, 0.1) is 11.6 Å². The number of para-hydroxylation sites is 3. The number of rotatable bonds is 13. The molecule has 2 atom stereocenters. The van der Waals surface area contributed by atoms with E-state index in [-0.39, 0.29) is 6.04 Å². The highest BCUT2D eigenvalue weighted by atomic mass is 15.2. The Morgan fingerprint density at radius 1 is 0.584 bits per heavy atom. The molecule has 5 nitrogen and oxygen atoms in total. The Balaban J connectivity index is 0.000000155. The second kappa shape index (κ2) is 31.4. The van der Waals surface area contributed by atoms with Crippen molar-refractivity contribution >= 4 is 39.6 Å². The van der Waals surface area contributed by atoms with Gasteiger partial charge in [0.1, 0.15) is 0 Å². The van der Waals surface area contributed by atoms with Crippen LogP contribution in [0.25, 0.3) is 67.3 Å². The molecule has 2 heterocycles. The molecule has 89 heavy (non-hydrogen) atoms. The lowest BCUT2D eigenvalue weighted by Gasteiger charge is -2.19. The lowest BCUT2D eigenvalue weighted by atomic mass is 9.88. The van der Waals surface area contributed by atoms with E-state index in [9.17, 15) is 0 Å². The maximum absolute atomic E-state index is 6.36. The summed E-state index contributed by atoms with van der Waals surface area (Å²) in [6, 6.07) is 91.7. The molecule has 0 radical (unpaired) electrons. The molecular weight excluding hydrogens is 1080 g/mol. The van der Waals surface area contributed by atoms with Crippen molar-refractivity contribution in [3.63, 3.8) is 0 Å². The van der Waals surface area contributed by atoms with Crippen molar-refractivity contribution in [2.45, 2.75) is 59.4 Å². The number of nitrogens with zero attached hydrogens (tertiary/aromatic N) is 2. The molecule has 1 aliphatic carbocycles. The van der Waals surface area contributed by atoms with E-state index in [2.05, 4.69) is 272 Å². The number of benzene rings is 10. The fourth-order valence-electron chi connectivity index (χ4n) is 11.8. The van der Waals surface area contributed by atoms with Crippen molar-refractivity contribution in [1.29, 1.82) is 0 Å². The van der Waals surface area contributed by atoms with Gasteiger partial charge in [0, 0.05) is 70.2 Å². The van der Waals surface area contributed by atoms with Gasteiger partial charge in [-0.2, -0.15) is 0 Å². The SMILES string of the molecule is C=C/C=C\C(=C)N1CC(C)c2ccccc21.CC.CNC(/C=C(\N)c1ccccc1)c1cccc(-c2cccc(-c3ccccc3)c2)c1.CNc1ccc(C2=Cc3c(n(-c4ccccc4)c4ccccc34)CC2)cc1-c1ccccc1C.Cc1ccccc1. The molecule has 0 spiro atoms. The van der Waals surface area contributed by atoms with Crippen LogP contribution < -0.4 is 21.3 Å². The lowest BCUT2D eigenvalue weighted by molar-refractivity contribution is 0.715. The first kappa shape index (κ1) is 63.3. The van der Waals surface area contributed by atoms with Gasteiger partial charge in [-0.3, -0.25) is 0 Å². The van der Waals surface area contributed by atoms with Crippen LogP contribution in [0.3, 0.4) is 0 Å². The lowest BCUT2D eigenvalue weighted by Crippen LogP contribution is -2.18. The van der Waals surface area contributed by atoms with E-state index in [4.69, 9.17) is 5.73 Å². The molecule has 446 valence electrons. The molecule has 1 aliphatic heterocycles. The van der Waals surface area contributed by atoms with Crippen LogP contribution in [0, 0.1) is 13.8 Å². The number of aromatic nitrogens is 1. The Kier molecular flexibility index (Phi) is 22.4. The Labute approximate surface area is 530 Å². The first-order chi connectivity index (χ1) is 43.6. The summed E-state index contributed by atoms with van der Waals surface area (Å²) < 4.78 is 2.45. The molecule has 0 fully saturated rings. The van der Waals surface area contributed by atoms with Crippen molar-refractivity contribution in [3.8, 4) is 39.1 Å². The van der Waals surface area contributed by atoms with E-state index in [0.29, 0.717) is 5.92 Å². The minimum atomic E-state index is 0.0301. The molecule has 2 unspecified atom stereocenters. The minimum Gasteiger partial charge on any atom is -0.398 e. The summed E-state index contributed by atoms with van der Waals surface area (Å²) in [5, 5.41) is 8.09. The van der Waals surface area contributed by atoms with Gasteiger partial charge in [-0.25, -0.2) is 0 Å². The van der Waals surface area contributed by atoms with E-state index < -0.39 is 0 Å². The van der Waals surface area contributed by atoms with Gasteiger partial charge in [0.2, 0.25) is 0 Å². The van der Waals surface area contributed by atoms with E-state index in [0.717, 1.165) is 42.0 Å². The number of aryl methyl sites for hydroxylation is 2.